The maximum atomic E-state index is 12.6. The average molecular weight is 440 g/mol. The van der Waals surface area contributed by atoms with Crippen LogP contribution in [-0.2, 0) is 25.0 Å². The summed E-state index contributed by atoms with van der Waals surface area (Å²) in [5.74, 6) is -0.160. The van der Waals surface area contributed by atoms with Gasteiger partial charge >= 0.3 is 6.09 Å². The first-order valence-electron chi connectivity index (χ1n) is 10.1. The van der Waals surface area contributed by atoms with Crippen LogP contribution in [0.5, 0.6) is 0 Å². The zero-order valence-corrected chi connectivity index (χ0v) is 19.3. The van der Waals surface area contributed by atoms with Crippen molar-refractivity contribution in [2.45, 2.75) is 58.0 Å². The van der Waals surface area contributed by atoms with Gasteiger partial charge in [-0.15, -0.1) is 0 Å². The van der Waals surface area contributed by atoms with Gasteiger partial charge in [-0.1, -0.05) is 25.1 Å². The predicted molar refractivity (Wildman–Crippen MR) is 117 cm³/mol. The summed E-state index contributed by atoms with van der Waals surface area (Å²) in [4.78, 5) is 26.1. The Balaban J connectivity index is 2.04. The molecule has 0 saturated carbocycles. The van der Waals surface area contributed by atoms with E-state index in [1.165, 1.54) is 0 Å². The van der Waals surface area contributed by atoms with Crippen molar-refractivity contribution >= 4 is 27.7 Å². The van der Waals surface area contributed by atoms with Gasteiger partial charge in [-0.25, -0.2) is 13.2 Å². The van der Waals surface area contributed by atoms with Crippen LogP contribution in [0.4, 0.5) is 10.5 Å². The van der Waals surface area contributed by atoms with E-state index in [1.54, 1.807) is 37.8 Å². The number of hydrogen-bond acceptors (Lipinski definition) is 5. The normalized spacial score (nSPS) is 20.2. The number of carbonyl (C=O) groups is 2. The first-order chi connectivity index (χ1) is 13.8. The number of para-hydroxylation sites is 1. The summed E-state index contributed by atoms with van der Waals surface area (Å²) in [6.45, 7) is 8.40. The van der Waals surface area contributed by atoms with Crippen LogP contribution in [0, 0.1) is 0 Å². The van der Waals surface area contributed by atoms with Crippen molar-refractivity contribution in [1.82, 2.24) is 10.2 Å². The van der Waals surface area contributed by atoms with Gasteiger partial charge in [-0.2, -0.15) is 0 Å². The minimum absolute atomic E-state index is 0.113. The van der Waals surface area contributed by atoms with Gasteiger partial charge in [-0.05, 0) is 57.1 Å². The summed E-state index contributed by atoms with van der Waals surface area (Å²) in [5.41, 5.74) is 0.609. The molecule has 0 spiro atoms. The molecule has 0 radical (unpaired) electrons. The molecular formula is C21H33N3O5S. The van der Waals surface area contributed by atoms with E-state index in [0.717, 1.165) is 24.7 Å². The van der Waals surface area contributed by atoms with Gasteiger partial charge in [0.1, 0.15) is 12.1 Å². The number of rotatable bonds is 5. The molecule has 1 aromatic rings. The standard InChI is InChI=1S/C21H33N3O5S/c1-20(2,3)29-19(26)22-15-18(25)24-13-8-11-21(4,12-14-24)16-9-6-7-10-17(16)23-30(5,27)28/h6-7,9-10,23H,8,11-15H2,1-5H3,(H,22,26). The lowest BCUT2D eigenvalue weighted by atomic mass is 9.76. The molecule has 1 fully saturated rings. The topological polar surface area (TPSA) is 105 Å². The number of benzene rings is 1. The Morgan fingerprint density at radius 3 is 2.47 bits per heavy atom. The third kappa shape index (κ3) is 7.19. The van der Waals surface area contributed by atoms with Crippen LogP contribution in [0.15, 0.2) is 24.3 Å². The highest BCUT2D eigenvalue weighted by Crippen LogP contribution is 2.39. The molecule has 8 nitrogen and oxygen atoms in total. The van der Waals surface area contributed by atoms with E-state index >= 15 is 0 Å². The third-order valence-electron chi connectivity index (χ3n) is 5.10. The number of nitrogens with zero attached hydrogens (tertiary/aromatic N) is 1. The van der Waals surface area contributed by atoms with Crippen molar-refractivity contribution < 1.29 is 22.7 Å². The van der Waals surface area contributed by atoms with E-state index in [9.17, 15) is 18.0 Å². The highest BCUT2D eigenvalue weighted by atomic mass is 32.2. The molecule has 9 heteroatoms. The monoisotopic (exact) mass is 439 g/mol. The second kappa shape index (κ2) is 9.24. The zero-order chi connectivity index (χ0) is 22.6. The molecule has 1 heterocycles. The van der Waals surface area contributed by atoms with Gasteiger partial charge in [0.2, 0.25) is 15.9 Å². The summed E-state index contributed by atoms with van der Waals surface area (Å²) in [5, 5.41) is 2.51. The Hall–Kier alpha value is -2.29. The molecule has 0 aliphatic carbocycles. The summed E-state index contributed by atoms with van der Waals surface area (Å²) >= 11 is 0. The minimum atomic E-state index is -3.39. The highest BCUT2D eigenvalue weighted by molar-refractivity contribution is 7.92. The van der Waals surface area contributed by atoms with Crippen LogP contribution in [0.3, 0.4) is 0 Å². The average Bonchev–Trinajstić information content (AvgIpc) is 2.80. The van der Waals surface area contributed by atoms with Gasteiger partial charge in [0.15, 0.2) is 0 Å². The van der Waals surface area contributed by atoms with Gasteiger partial charge in [-0.3, -0.25) is 9.52 Å². The molecule has 1 saturated heterocycles. The lowest BCUT2D eigenvalue weighted by Crippen LogP contribution is -2.42. The number of alkyl carbamates (subject to hydrolysis) is 1. The van der Waals surface area contributed by atoms with Gasteiger partial charge in [0.05, 0.1) is 11.9 Å². The number of amides is 2. The van der Waals surface area contributed by atoms with E-state index < -0.39 is 21.7 Å². The van der Waals surface area contributed by atoms with Gasteiger partial charge in [0, 0.05) is 13.1 Å². The van der Waals surface area contributed by atoms with Crippen molar-refractivity contribution in [1.29, 1.82) is 0 Å². The van der Waals surface area contributed by atoms with E-state index in [2.05, 4.69) is 17.0 Å². The number of ether oxygens (including phenoxy) is 1. The Labute approximate surface area is 179 Å². The summed E-state index contributed by atoms with van der Waals surface area (Å²) in [6, 6.07) is 7.40. The summed E-state index contributed by atoms with van der Waals surface area (Å²) in [7, 11) is -3.39. The molecule has 1 unspecified atom stereocenters. The van der Waals surface area contributed by atoms with E-state index in [-0.39, 0.29) is 17.9 Å². The van der Waals surface area contributed by atoms with E-state index in [4.69, 9.17) is 4.74 Å². The van der Waals surface area contributed by atoms with E-state index in [0.29, 0.717) is 25.2 Å². The highest BCUT2D eigenvalue weighted by Gasteiger charge is 2.33. The molecule has 30 heavy (non-hydrogen) atoms. The SMILES string of the molecule is CC(C)(C)OC(=O)NCC(=O)N1CCCC(C)(c2ccccc2NS(C)(=O)=O)CC1. The molecule has 168 valence electrons. The molecular weight excluding hydrogens is 406 g/mol. The third-order valence-corrected chi connectivity index (χ3v) is 5.69. The maximum absolute atomic E-state index is 12.6. The van der Waals surface area contributed by atoms with Crippen LogP contribution >= 0.6 is 0 Å². The number of nitrogens with one attached hydrogen (secondary N) is 2. The predicted octanol–water partition coefficient (Wildman–Crippen LogP) is 2.85. The van der Waals surface area contributed by atoms with Crippen LogP contribution < -0.4 is 10.0 Å². The Bertz CT molecular complexity index is 879. The molecule has 0 bridgehead atoms. The molecule has 1 aliphatic rings. The van der Waals surface area contributed by atoms with Crippen molar-refractivity contribution in [3.8, 4) is 0 Å². The van der Waals surface area contributed by atoms with Crippen LogP contribution in [0.25, 0.3) is 0 Å². The largest absolute Gasteiger partial charge is 0.444 e. The molecule has 2 amide bonds. The van der Waals surface area contributed by atoms with Crippen molar-refractivity contribution in [2.24, 2.45) is 0 Å². The number of anilines is 1. The number of carbonyl (C=O) groups excluding carboxylic acids is 2. The molecule has 1 atom stereocenters. The lowest BCUT2D eigenvalue weighted by Gasteiger charge is -2.31. The van der Waals surface area contributed by atoms with Crippen molar-refractivity contribution in [3.05, 3.63) is 29.8 Å². The zero-order valence-electron chi connectivity index (χ0n) is 18.4. The van der Waals surface area contributed by atoms with E-state index in [1.807, 2.05) is 12.1 Å². The van der Waals surface area contributed by atoms with Crippen LogP contribution in [0.1, 0.15) is 52.5 Å². The fourth-order valence-electron chi connectivity index (χ4n) is 3.67. The second-order valence-electron chi connectivity index (χ2n) is 9.07. The van der Waals surface area contributed by atoms with Gasteiger partial charge < -0.3 is 15.0 Å². The maximum Gasteiger partial charge on any atom is 0.408 e. The quantitative estimate of drug-likeness (QED) is 0.734. The first-order valence-corrected chi connectivity index (χ1v) is 12.0. The number of likely N-dealkylation sites (tertiary alicyclic amines) is 1. The molecule has 1 aromatic carbocycles. The second-order valence-corrected chi connectivity index (χ2v) is 10.8. The number of hydrogen-bond donors (Lipinski definition) is 2. The summed E-state index contributed by atoms with van der Waals surface area (Å²) < 4.78 is 31.3. The van der Waals surface area contributed by atoms with Gasteiger partial charge in [0.25, 0.3) is 0 Å². The molecule has 2 rings (SSSR count). The molecule has 0 aromatic heterocycles. The Kier molecular flexibility index (Phi) is 7.39. The minimum Gasteiger partial charge on any atom is -0.444 e. The smallest absolute Gasteiger partial charge is 0.408 e. The fourth-order valence-corrected chi connectivity index (χ4v) is 4.25. The van der Waals surface area contributed by atoms with Crippen LogP contribution in [-0.4, -0.2) is 56.8 Å². The Morgan fingerprint density at radius 2 is 1.83 bits per heavy atom. The Morgan fingerprint density at radius 1 is 1.17 bits per heavy atom. The first kappa shape index (κ1) is 24.0. The fraction of sp³-hybridized carbons (Fsp3) is 0.619. The van der Waals surface area contributed by atoms with Crippen LogP contribution in [0.2, 0.25) is 0 Å². The summed E-state index contributed by atoms with van der Waals surface area (Å²) in [6.07, 6.45) is 2.81. The number of sulfonamides is 1. The lowest BCUT2D eigenvalue weighted by molar-refractivity contribution is -0.130. The van der Waals surface area contributed by atoms with Crippen molar-refractivity contribution in [2.75, 3.05) is 30.6 Å². The molecule has 1 aliphatic heterocycles. The molecule has 2 N–H and O–H groups in total. The van der Waals surface area contributed by atoms with Crippen molar-refractivity contribution in [3.63, 3.8) is 0 Å².